The van der Waals surface area contributed by atoms with Crippen LogP contribution in [0.2, 0.25) is 0 Å². The number of nitrogens with zero attached hydrogens (tertiary/aromatic N) is 2. The van der Waals surface area contributed by atoms with Gasteiger partial charge in [-0.3, -0.25) is 4.98 Å². The SMILES string of the molecule is CN(CC1(CN)CCC1)S(=O)(=O)c1ccncc1. The molecule has 0 amide bonds. The fraction of sp³-hybridized carbons (Fsp3) is 0.583. The number of pyridine rings is 1. The van der Waals surface area contributed by atoms with Crippen molar-refractivity contribution in [3.05, 3.63) is 24.5 Å². The molecule has 1 heterocycles. The van der Waals surface area contributed by atoms with E-state index in [9.17, 15) is 8.42 Å². The van der Waals surface area contributed by atoms with Crippen LogP contribution < -0.4 is 5.73 Å². The average Bonchev–Trinajstić information content (AvgIpc) is 2.34. The topological polar surface area (TPSA) is 76.3 Å². The van der Waals surface area contributed by atoms with E-state index < -0.39 is 10.0 Å². The number of sulfonamides is 1. The van der Waals surface area contributed by atoms with E-state index >= 15 is 0 Å². The van der Waals surface area contributed by atoms with E-state index in [1.165, 1.54) is 28.8 Å². The molecule has 5 nitrogen and oxygen atoms in total. The Morgan fingerprint density at radius 1 is 1.39 bits per heavy atom. The number of hydrogen-bond acceptors (Lipinski definition) is 4. The Morgan fingerprint density at radius 3 is 2.44 bits per heavy atom. The molecule has 100 valence electrons. The van der Waals surface area contributed by atoms with Crippen molar-refractivity contribution in [2.75, 3.05) is 20.1 Å². The molecule has 0 bridgehead atoms. The summed E-state index contributed by atoms with van der Waals surface area (Å²) >= 11 is 0. The van der Waals surface area contributed by atoms with Gasteiger partial charge in [-0.1, -0.05) is 6.42 Å². The van der Waals surface area contributed by atoms with Crippen molar-refractivity contribution < 1.29 is 8.42 Å². The summed E-state index contributed by atoms with van der Waals surface area (Å²) < 4.78 is 26.1. The maximum Gasteiger partial charge on any atom is 0.242 e. The van der Waals surface area contributed by atoms with Crippen molar-refractivity contribution in [1.29, 1.82) is 0 Å². The zero-order valence-corrected chi connectivity index (χ0v) is 11.4. The Morgan fingerprint density at radius 2 is 2.00 bits per heavy atom. The highest BCUT2D eigenvalue weighted by Gasteiger charge is 2.39. The lowest BCUT2D eigenvalue weighted by Crippen LogP contribution is -2.47. The van der Waals surface area contributed by atoms with Crippen LogP contribution >= 0.6 is 0 Å². The van der Waals surface area contributed by atoms with Crippen LogP contribution in [0, 0.1) is 5.41 Å². The van der Waals surface area contributed by atoms with Gasteiger partial charge >= 0.3 is 0 Å². The Balaban J connectivity index is 2.16. The highest BCUT2D eigenvalue weighted by molar-refractivity contribution is 7.89. The van der Waals surface area contributed by atoms with E-state index in [1.807, 2.05) is 0 Å². The van der Waals surface area contributed by atoms with Crippen LogP contribution in [-0.4, -0.2) is 37.8 Å². The van der Waals surface area contributed by atoms with Crippen molar-refractivity contribution in [3.63, 3.8) is 0 Å². The zero-order chi connectivity index (χ0) is 13.2. The van der Waals surface area contributed by atoms with Gasteiger partial charge in [0.1, 0.15) is 0 Å². The van der Waals surface area contributed by atoms with Gasteiger partial charge in [0.2, 0.25) is 10.0 Å². The number of rotatable bonds is 5. The summed E-state index contributed by atoms with van der Waals surface area (Å²) in [4.78, 5) is 4.12. The molecule has 1 aliphatic carbocycles. The van der Waals surface area contributed by atoms with Crippen LogP contribution in [0.25, 0.3) is 0 Å². The van der Waals surface area contributed by atoms with Crippen LogP contribution in [-0.2, 0) is 10.0 Å². The first kappa shape index (κ1) is 13.5. The van der Waals surface area contributed by atoms with Gasteiger partial charge in [0, 0.05) is 26.0 Å². The number of aromatic nitrogens is 1. The second-order valence-corrected chi connectivity index (χ2v) is 7.05. The maximum absolute atomic E-state index is 12.3. The molecule has 1 aliphatic rings. The van der Waals surface area contributed by atoms with E-state index in [1.54, 1.807) is 7.05 Å². The highest BCUT2D eigenvalue weighted by atomic mass is 32.2. The third-order valence-electron chi connectivity index (χ3n) is 3.76. The van der Waals surface area contributed by atoms with E-state index in [0.717, 1.165) is 19.3 Å². The summed E-state index contributed by atoms with van der Waals surface area (Å²) in [6.07, 6.45) is 6.14. The predicted molar refractivity (Wildman–Crippen MR) is 69.4 cm³/mol. The lowest BCUT2D eigenvalue weighted by molar-refractivity contribution is 0.118. The fourth-order valence-corrected chi connectivity index (χ4v) is 3.62. The first-order valence-corrected chi connectivity index (χ1v) is 7.51. The average molecular weight is 269 g/mol. The van der Waals surface area contributed by atoms with E-state index in [0.29, 0.717) is 13.1 Å². The van der Waals surface area contributed by atoms with Gasteiger partial charge in [0.05, 0.1) is 4.90 Å². The lowest BCUT2D eigenvalue weighted by Gasteiger charge is -2.43. The molecule has 1 saturated carbocycles. The first-order chi connectivity index (χ1) is 8.50. The van der Waals surface area contributed by atoms with Crippen molar-refractivity contribution in [3.8, 4) is 0 Å². The Bertz CT molecular complexity index is 492. The van der Waals surface area contributed by atoms with Crippen LogP contribution in [0.15, 0.2) is 29.4 Å². The Hall–Kier alpha value is -0.980. The molecule has 2 N–H and O–H groups in total. The monoisotopic (exact) mass is 269 g/mol. The van der Waals surface area contributed by atoms with Crippen LogP contribution in [0.1, 0.15) is 19.3 Å². The Labute approximate surface area is 108 Å². The molecule has 6 heteroatoms. The quantitative estimate of drug-likeness (QED) is 0.859. The molecule has 0 saturated heterocycles. The van der Waals surface area contributed by atoms with Crippen molar-refractivity contribution in [1.82, 2.24) is 9.29 Å². The van der Waals surface area contributed by atoms with Crippen molar-refractivity contribution >= 4 is 10.0 Å². The minimum atomic E-state index is -3.42. The second kappa shape index (κ2) is 4.95. The molecular weight excluding hydrogens is 250 g/mol. The van der Waals surface area contributed by atoms with Crippen LogP contribution in [0.5, 0.6) is 0 Å². The second-order valence-electron chi connectivity index (χ2n) is 5.00. The van der Waals surface area contributed by atoms with Crippen molar-refractivity contribution in [2.45, 2.75) is 24.2 Å². The van der Waals surface area contributed by atoms with Gasteiger partial charge < -0.3 is 5.73 Å². The fourth-order valence-electron chi connectivity index (χ4n) is 2.35. The summed E-state index contributed by atoms with van der Waals surface area (Å²) in [6.45, 7) is 1.04. The van der Waals surface area contributed by atoms with Crippen LogP contribution in [0.3, 0.4) is 0 Å². The molecule has 0 unspecified atom stereocenters. The Kier molecular flexibility index (Phi) is 3.70. The summed E-state index contributed by atoms with van der Waals surface area (Å²) in [5, 5.41) is 0. The van der Waals surface area contributed by atoms with E-state index in [4.69, 9.17) is 5.73 Å². The minimum absolute atomic E-state index is 0.0190. The summed E-state index contributed by atoms with van der Waals surface area (Å²) in [5.41, 5.74) is 5.75. The molecule has 0 spiro atoms. The standard InChI is InChI=1S/C12H19N3O2S/c1-15(10-12(9-13)5-2-6-12)18(16,17)11-3-7-14-8-4-11/h3-4,7-8H,2,5-6,9-10,13H2,1H3. The van der Waals surface area contributed by atoms with Gasteiger partial charge in [-0.2, -0.15) is 0 Å². The largest absolute Gasteiger partial charge is 0.330 e. The zero-order valence-electron chi connectivity index (χ0n) is 10.5. The molecule has 18 heavy (non-hydrogen) atoms. The third-order valence-corrected chi connectivity index (χ3v) is 5.58. The third kappa shape index (κ3) is 2.41. The maximum atomic E-state index is 12.3. The molecular formula is C12H19N3O2S. The van der Waals surface area contributed by atoms with Crippen LogP contribution in [0.4, 0.5) is 0 Å². The molecule has 2 rings (SSSR count). The molecule has 1 aromatic heterocycles. The van der Waals surface area contributed by atoms with E-state index in [2.05, 4.69) is 4.98 Å². The van der Waals surface area contributed by atoms with Gasteiger partial charge in [0.15, 0.2) is 0 Å². The lowest BCUT2D eigenvalue weighted by atomic mass is 9.69. The normalized spacial score (nSPS) is 18.6. The number of hydrogen-bond donors (Lipinski definition) is 1. The first-order valence-electron chi connectivity index (χ1n) is 6.07. The number of nitrogens with two attached hydrogens (primary N) is 1. The predicted octanol–water partition coefficient (Wildman–Crippen LogP) is 0.831. The van der Waals surface area contributed by atoms with Gasteiger partial charge in [-0.15, -0.1) is 0 Å². The van der Waals surface area contributed by atoms with E-state index in [-0.39, 0.29) is 10.3 Å². The summed E-state index contributed by atoms with van der Waals surface area (Å²) in [7, 11) is -1.80. The molecule has 1 aromatic rings. The molecule has 1 fully saturated rings. The molecule has 0 aliphatic heterocycles. The van der Waals surface area contributed by atoms with Gasteiger partial charge in [0.25, 0.3) is 0 Å². The molecule has 0 atom stereocenters. The summed E-state index contributed by atoms with van der Waals surface area (Å²) in [5.74, 6) is 0. The summed E-state index contributed by atoms with van der Waals surface area (Å²) in [6, 6.07) is 3.03. The van der Waals surface area contributed by atoms with Gasteiger partial charge in [-0.05, 0) is 36.9 Å². The molecule has 0 radical (unpaired) electrons. The minimum Gasteiger partial charge on any atom is -0.330 e. The van der Waals surface area contributed by atoms with Gasteiger partial charge in [-0.25, -0.2) is 12.7 Å². The smallest absolute Gasteiger partial charge is 0.242 e. The molecule has 0 aromatic carbocycles. The highest BCUT2D eigenvalue weighted by Crippen LogP contribution is 2.41. The van der Waals surface area contributed by atoms with Crippen molar-refractivity contribution in [2.24, 2.45) is 11.1 Å².